The molecule has 0 aliphatic heterocycles. The zero-order valence-electron chi connectivity index (χ0n) is 11.5. The Hall–Kier alpha value is -1.26. The molecule has 19 heavy (non-hydrogen) atoms. The molecule has 4 heteroatoms. The van der Waals surface area contributed by atoms with Crippen molar-refractivity contribution in [3.05, 3.63) is 23.8 Å². The van der Waals surface area contributed by atoms with Crippen molar-refractivity contribution in [2.24, 2.45) is 0 Å². The molecule has 1 saturated carbocycles. The van der Waals surface area contributed by atoms with Gasteiger partial charge in [-0.2, -0.15) is 0 Å². The number of ether oxygens (including phenoxy) is 2. The first kappa shape index (κ1) is 14.2. The lowest BCUT2D eigenvalue weighted by molar-refractivity contribution is 0.00518. The molecule has 2 unspecified atom stereocenters. The molecule has 1 aliphatic rings. The highest BCUT2D eigenvalue weighted by atomic mass is 16.5. The number of rotatable bonds is 4. The van der Waals surface area contributed by atoms with Crippen LogP contribution in [0.2, 0.25) is 0 Å². The summed E-state index contributed by atoms with van der Waals surface area (Å²) in [6.45, 7) is 1.70. The van der Waals surface area contributed by atoms with Crippen LogP contribution in [0.4, 0.5) is 0 Å². The van der Waals surface area contributed by atoms with Crippen molar-refractivity contribution in [1.29, 1.82) is 0 Å². The fourth-order valence-corrected chi connectivity index (χ4v) is 2.47. The second-order valence-corrected chi connectivity index (χ2v) is 5.09. The van der Waals surface area contributed by atoms with Crippen LogP contribution in [0, 0.1) is 0 Å². The topological polar surface area (TPSA) is 58.9 Å². The summed E-state index contributed by atoms with van der Waals surface area (Å²) < 4.78 is 11.1. The Kier molecular flexibility index (Phi) is 4.66. The van der Waals surface area contributed by atoms with Crippen LogP contribution in [-0.2, 0) is 0 Å². The standard InChI is InChI=1S/C15H22O4/c1-10(16)12-8-7-11(18-2)9-15(12)19-14-6-4-3-5-13(14)17/h7-10,13-14,16-17H,3-6H2,1-2H3/t10-,13?,14?/m1/s1. The highest BCUT2D eigenvalue weighted by Gasteiger charge is 2.26. The van der Waals surface area contributed by atoms with E-state index in [2.05, 4.69) is 0 Å². The molecular formula is C15H22O4. The van der Waals surface area contributed by atoms with E-state index >= 15 is 0 Å². The molecule has 0 heterocycles. The first-order valence-corrected chi connectivity index (χ1v) is 6.82. The van der Waals surface area contributed by atoms with Crippen LogP contribution in [0.1, 0.15) is 44.3 Å². The van der Waals surface area contributed by atoms with Crippen LogP contribution in [0.15, 0.2) is 18.2 Å². The predicted octanol–water partition coefficient (Wildman–Crippen LogP) is 2.43. The van der Waals surface area contributed by atoms with Gasteiger partial charge in [0.25, 0.3) is 0 Å². The quantitative estimate of drug-likeness (QED) is 0.878. The maximum absolute atomic E-state index is 9.97. The highest BCUT2D eigenvalue weighted by Crippen LogP contribution is 2.32. The van der Waals surface area contributed by atoms with Gasteiger partial charge >= 0.3 is 0 Å². The van der Waals surface area contributed by atoms with Crippen molar-refractivity contribution < 1.29 is 19.7 Å². The molecule has 106 valence electrons. The summed E-state index contributed by atoms with van der Waals surface area (Å²) in [6, 6.07) is 5.36. The van der Waals surface area contributed by atoms with Gasteiger partial charge in [-0.3, -0.25) is 0 Å². The van der Waals surface area contributed by atoms with Gasteiger partial charge in [-0.15, -0.1) is 0 Å². The third-order valence-corrected chi connectivity index (χ3v) is 3.62. The highest BCUT2D eigenvalue weighted by molar-refractivity contribution is 5.42. The number of aliphatic hydroxyl groups excluding tert-OH is 2. The Labute approximate surface area is 114 Å². The van der Waals surface area contributed by atoms with E-state index in [1.165, 1.54) is 0 Å². The Bertz CT molecular complexity index is 417. The average Bonchev–Trinajstić information content (AvgIpc) is 2.41. The minimum absolute atomic E-state index is 0.196. The fraction of sp³-hybridized carbons (Fsp3) is 0.600. The van der Waals surface area contributed by atoms with Crippen molar-refractivity contribution >= 4 is 0 Å². The summed E-state index contributed by atoms with van der Waals surface area (Å²) in [6.07, 6.45) is 2.50. The van der Waals surface area contributed by atoms with Crippen LogP contribution in [-0.4, -0.2) is 29.5 Å². The lowest BCUT2D eigenvalue weighted by atomic mass is 9.94. The second-order valence-electron chi connectivity index (χ2n) is 5.09. The number of methoxy groups -OCH3 is 1. The maximum Gasteiger partial charge on any atom is 0.129 e. The summed E-state index contributed by atoms with van der Waals surface area (Å²) in [4.78, 5) is 0. The molecule has 1 aromatic rings. The van der Waals surface area contributed by atoms with Gasteiger partial charge in [0, 0.05) is 11.6 Å². The summed E-state index contributed by atoms with van der Waals surface area (Å²) in [5.74, 6) is 1.28. The second kappa shape index (κ2) is 6.26. The van der Waals surface area contributed by atoms with E-state index in [4.69, 9.17) is 9.47 Å². The molecule has 3 atom stereocenters. The van der Waals surface area contributed by atoms with Crippen molar-refractivity contribution in [1.82, 2.24) is 0 Å². The molecule has 1 fully saturated rings. The van der Waals surface area contributed by atoms with Gasteiger partial charge in [0.05, 0.1) is 19.3 Å². The van der Waals surface area contributed by atoms with Crippen LogP contribution >= 0.6 is 0 Å². The van der Waals surface area contributed by atoms with Crippen molar-refractivity contribution in [3.8, 4) is 11.5 Å². The maximum atomic E-state index is 9.97. The molecular weight excluding hydrogens is 244 g/mol. The van der Waals surface area contributed by atoms with E-state index < -0.39 is 12.2 Å². The van der Waals surface area contributed by atoms with Crippen LogP contribution in [0.3, 0.4) is 0 Å². The first-order valence-electron chi connectivity index (χ1n) is 6.82. The smallest absolute Gasteiger partial charge is 0.129 e. The fourth-order valence-electron chi connectivity index (χ4n) is 2.47. The van der Waals surface area contributed by atoms with E-state index in [-0.39, 0.29) is 6.10 Å². The Morgan fingerprint density at radius 3 is 2.63 bits per heavy atom. The minimum atomic E-state index is -0.610. The molecule has 4 nitrogen and oxygen atoms in total. The predicted molar refractivity (Wildman–Crippen MR) is 72.5 cm³/mol. The van der Waals surface area contributed by atoms with Crippen molar-refractivity contribution in [3.63, 3.8) is 0 Å². The molecule has 0 radical (unpaired) electrons. The van der Waals surface area contributed by atoms with E-state index in [1.54, 1.807) is 32.2 Å². The molecule has 2 rings (SSSR count). The van der Waals surface area contributed by atoms with Gasteiger partial charge in [0.1, 0.15) is 17.6 Å². The SMILES string of the molecule is COc1ccc([C@@H](C)O)c(OC2CCCCC2O)c1. The molecule has 0 spiro atoms. The molecule has 0 bridgehead atoms. The van der Waals surface area contributed by atoms with E-state index in [9.17, 15) is 10.2 Å². The number of benzene rings is 1. The Morgan fingerprint density at radius 1 is 1.26 bits per heavy atom. The van der Waals surface area contributed by atoms with E-state index in [0.717, 1.165) is 31.2 Å². The first-order chi connectivity index (χ1) is 9.11. The molecule has 2 N–H and O–H groups in total. The molecule has 0 saturated heterocycles. The molecule has 0 aromatic heterocycles. The van der Waals surface area contributed by atoms with Gasteiger partial charge < -0.3 is 19.7 Å². The van der Waals surface area contributed by atoms with Crippen LogP contribution in [0.25, 0.3) is 0 Å². The van der Waals surface area contributed by atoms with Gasteiger partial charge in [0.15, 0.2) is 0 Å². The van der Waals surface area contributed by atoms with E-state index in [1.807, 2.05) is 0 Å². The third kappa shape index (κ3) is 3.39. The average molecular weight is 266 g/mol. The minimum Gasteiger partial charge on any atom is -0.497 e. The number of aliphatic hydroxyl groups is 2. The van der Waals surface area contributed by atoms with Gasteiger partial charge in [-0.1, -0.05) is 6.42 Å². The molecule has 1 aliphatic carbocycles. The summed E-state index contributed by atoms with van der Waals surface area (Å²) in [7, 11) is 1.59. The molecule has 0 amide bonds. The zero-order valence-corrected chi connectivity index (χ0v) is 11.5. The van der Waals surface area contributed by atoms with E-state index in [0.29, 0.717) is 11.5 Å². The van der Waals surface area contributed by atoms with Gasteiger partial charge in [0.2, 0.25) is 0 Å². The third-order valence-electron chi connectivity index (χ3n) is 3.62. The summed E-state index contributed by atoms with van der Waals surface area (Å²) >= 11 is 0. The van der Waals surface area contributed by atoms with Gasteiger partial charge in [-0.25, -0.2) is 0 Å². The van der Waals surface area contributed by atoms with Crippen LogP contribution in [0.5, 0.6) is 11.5 Å². The number of hydrogen-bond donors (Lipinski definition) is 2. The Balaban J connectivity index is 2.21. The lowest BCUT2D eigenvalue weighted by Crippen LogP contribution is -2.34. The van der Waals surface area contributed by atoms with Crippen molar-refractivity contribution in [2.75, 3.05) is 7.11 Å². The summed E-state index contributed by atoms with van der Waals surface area (Å²) in [5, 5.41) is 19.7. The normalized spacial score (nSPS) is 24.8. The largest absolute Gasteiger partial charge is 0.497 e. The molecule has 1 aromatic carbocycles. The van der Waals surface area contributed by atoms with Crippen molar-refractivity contribution in [2.45, 2.75) is 50.9 Å². The number of hydrogen-bond acceptors (Lipinski definition) is 4. The van der Waals surface area contributed by atoms with Gasteiger partial charge in [-0.05, 0) is 38.3 Å². The monoisotopic (exact) mass is 266 g/mol. The Morgan fingerprint density at radius 2 is 2.00 bits per heavy atom. The summed E-state index contributed by atoms with van der Waals surface area (Å²) in [5.41, 5.74) is 0.721. The zero-order chi connectivity index (χ0) is 13.8. The van der Waals surface area contributed by atoms with Crippen LogP contribution < -0.4 is 9.47 Å². The lowest BCUT2D eigenvalue weighted by Gasteiger charge is -2.29.